The van der Waals surface area contributed by atoms with Crippen LogP contribution >= 0.6 is 0 Å². The van der Waals surface area contributed by atoms with Gasteiger partial charge in [0.2, 0.25) is 0 Å². The monoisotopic (exact) mass is 384 g/mol. The van der Waals surface area contributed by atoms with E-state index in [1.165, 1.54) is 24.4 Å². The number of halogens is 3. The number of benzene rings is 2. The van der Waals surface area contributed by atoms with Crippen LogP contribution in [-0.4, -0.2) is 12.2 Å². The Labute approximate surface area is 159 Å². The number of hydrogen-bond acceptors (Lipinski definition) is 4. The molecule has 0 radical (unpaired) electrons. The van der Waals surface area contributed by atoms with Crippen molar-refractivity contribution < 1.29 is 22.7 Å². The Balaban J connectivity index is 1.84. The highest BCUT2D eigenvalue weighted by Crippen LogP contribution is 2.37. The molecule has 0 saturated heterocycles. The van der Waals surface area contributed by atoms with Gasteiger partial charge < -0.3 is 4.74 Å². The van der Waals surface area contributed by atoms with E-state index < -0.39 is 23.2 Å². The summed E-state index contributed by atoms with van der Waals surface area (Å²) in [7, 11) is 0. The van der Waals surface area contributed by atoms with E-state index in [2.05, 4.69) is 4.99 Å². The van der Waals surface area contributed by atoms with E-state index in [1.807, 2.05) is 13.0 Å². The Kier molecular flexibility index (Phi) is 5.06. The van der Waals surface area contributed by atoms with Gasteiger partial charge >= 0.3 is 12.1 Å². The highest BCUT2D eigenvalue weighted by atomic mass is 19.4. The van der Waals surface area contributed by atoms with Crippen LogP contribution in [0.2, 0.25) is 0 Å². The maximum absolute atomic E-state index is 12.8. The summed E-state index contributed by atoms with van der Waals surface area (Å²) in [5, 5.41) is 8.91. The molecule has 0 bridgehead atoms. The summed E-state index contributed by atoms with van der Waals surface area (Å²) in [5.41, 5.74) is -0.567. The molecule has 0 saturated carbocycles. The molecule has 0 aromatic heterocycles. The van der Waals surface area contributed by atoms with E-state index in [-0.39, 0.29) is 11.3 Å². The average molecular weight is 384 g/mol. The van der Waals surface area contributed by atoms with Crippen molar-refractivity contribution in [3.8, 4) is 11.8 Å². The summed E-state index contributed by atoms with van der Waals surface area (Å²) in [5.74, 6) is -0.428. The van der Waals surface area contributed by atoms with Crippen LogP contribution < -0.4 is 4.74 Å². The van der Waals surface area contributed by atoms with Gasteiger partial charge in [0.05, 0.1) is 22.8 Å². The second-order valence-electron chi connectivity index (χ2n) is 6.24. The number of hydrogen-bond donors (Lipinski definition) is 0. The topological polar surface area (TPSA) is 62.5 Å². The van der Waals surface area contributed by atoms with Crippen molar-refractivity contribution in [3.05, 3.63) is 76.9 Å². The fourth-order valence-corrected chi connectivity index (χ4v) is 2.93. The van der Waals surface area contributed by atoms with Gasteiger partial charge in [0.25, 0.3) is 0 Å². The Bertz CT molecular complexity index is 1000. The third-order valence-corrected chi connectivity index (χ3v) is 4.49. The number of ether oxygens (including phenoxy) is 1. The van der Waals surface area contributed by atoms with E-state index >= 15 is 0 Å². The van der Waals surface area contributed by atoms with E-state index in [1.54, 1.807) is 24.3 Å². The highest BCUT2D eigenvalue weighted by Gasteiger charge is 2.35. The molecule has 2 aromatic rings. The van der Waals surface area contributed by atoms with Gasteiger partial charge in [0, 0.05) is 6.21 Å². The molecule has 1 aliphatic heterocycles. The number of carbonyl (C=O) groups excluding carboxylic acids is 1. The van der Waals surface area contributed by atoms with Crippen LogP contribution in [-0.2, 0) is 16.5 Å². The predicted octanol–water partition coefficient (Wildman–Crippen LogP) is 4.80. The average Bonchev–Trinajstić information content (AvgIpc) is 3.14. The molecule has 4 nitrogen and oxygen atoms in total. The SMILES string of the molecule is CCC1(c2ccc(C(F)(F)F)cc2)C=C(C(=O)Oc2cccc(C#N)c2)C=N1. The zero-order valence-electron chi connectivity index (χ0n) is 14.8. The number of alkyl halides is 3. The maximum atomic E-state index is 12.8. The molecule has 142 valence electrons. The lowest BCUT2D eigenvalue weighted by Gasteiger charge is -2.23. The lowest BCUT2D eigenvalue weighted by atomic mass is 9.87. The van der Waals surface area contributed by atoms with Gasteiger partial charge in [0.1, 0.15) is 11.3 Å². The fourth-order valence-electron chi connectivity index (χ4n) is 2.93. The van der Waals surface area contributed by atoms with Gasteiger partial charge in [-0.15, -0.1) is 0 Å². The highest BCUT2D eigenvalue weighted by molar-refractivity contribution is 6.11. The third kappa shape index (κ3) is 3.81. The summed E-state index contributed by atoms with van der Waals surface area (Å²) in [6.45, 7) is 1.83. The van der Waals surface area contributed by atoms with Crippen LogP contribution in [0.25, 0.3) is 0 Å². The van der Waals surface area contributed by atoms with Crippen LogP contribution in [0.1, 0.15) is 30.0 Å². The first kappa shape index (κ1) is 19.4. The van der Waals surface area contributed by atoms with E-state index in [4.69, 9.17) is 10.00 Å². The third-order valence-electron chi connectivity index (χ3n) is 4.49. The lowest BCUT2D eigenvalue weighted by molar-refractivity contribution is -0.137. The smallest absolute Gasteiger partial charge is 0.416 e. The Morgan fingerprint density at radius 3 is 2.54 bits per heavy atom. The number of aliphatic imine (C=N–C) groups is 1. The van der Waals surface area contributed by atoms with Crippen molar-refractivity contribution in [1.82, 2.24) is 0 Å². The van der Waals surface area contributed by atoms with Crippen LogP contribution in [0.4, 0.5) is 13.2 Å². The number of nitrogens with zero attached hydrogens (tertiary/aromatic N) is 2. The maximum Gasteiger partial charge on any atom is 0.416 e. The molecule has 1 unspecified atom stereocenters. The molecule has 0 aliphatic carbocycles. The second kappa shape index (κ2) is 7.31. The van der Waals surface area contributed by atoms with Crippen LogP contribution in [0.3, 0.4) is 0 Å². The van der Waals surface area contributed by atoms with Gasteiger partial charge in [-0.05, 0) is 48.4 Å². The molecule has 0 N–H and O–H groups in total. The first-order valence-corrected chi connectivity index (χ1v) is 8.45. The van der Waals surface area contributed by atoms with E-state index in [9.17, 15) is 18.0 Å². The summed E-state index contributed by atoms with van der Waals surface area (Å²) >= 11 is 0. The van der Waals surface area contributed by atoms with Gasteiger partial charge in [-0.25, -0.2) is 4.79 Å². The minimum atomic E-state index is -4.42. The van der Waals surface area contributed by atoms with Gasteiger partial charge in [-0.3, -0.25) is 4.99 Å². The quantitative estimate of drug-likeness (QED) is 0.562. The lowest BCUT2D eigenvalue weighted by Crippen LogP contribution is -2.19. The summed E-state index contributed by atoms with van der Waals surface area (Å²) < 4.78 is 43.6. The summed E-state index contributed by atoms with van der Waals surface area (Å²) in [6, 6.07) is 12.9. The van der Waals surface area contributed by atoms with E-state index in [0.29, 0.717) is 17.5 Å². The molecule has 28 heavy (non-hydrogen) atoms. The van der Waals surface area contributed by atoms with Gasteiger partial charge in [0.15, 0.2) is 0 Å². The molecule has 1 heterocycles. The molecule has 1 aliphatic rings. The molecule has 1 atom stereocenters. The van der Waals surface area contributed by atoms with Crippen molar-refractivity contribution in [1.29, 1.82) is 5.26 Å². The number of nitriles is 1. The molecule has 0 amide bonds. The predicted molar refractivity (Wildman–Crippen MR) is 96.8 cm³/mol. The molecule has 7 heteroatoms. The normalized spacial score (nSPS) is 18.5. The molecular formula is C21H15F3N2O2. The zero-order chi connectivity index (χ0) is 20.4. The first-order chi connectivity index (χ1) is 13.3. The van der Waals surface area contributed by atoms with Crippen molar-refractivity contribution in [2.45, 2.75) is 25.1 Å². The molecule has 0 spiro atoms. The van der Waals surface area contributed by atoms with Crippen molar-refractivity contribution >= 4 is 12.2 Å². The minimum absolute atomic E-state index is 0.198. The Morgan fingerprint density at radius 2 is 1.93 bits per heavy atom. The standard InChI is InChI=1S/C21H15F3N2O2/c1-2-20(16-6-8-17(9-7-16)21(22,23)24)11-15(13-26-20)19(27)28-18-5-3-4-14(10-18)12-25/h3-11,13H,2H2,1H3. The van der Waals surface area contributed by atoms with Gasteiger partial charge in [-0.2, -0.15) is 18.4 Å². The van der Waals surface area contributed by atoms with Crippen molar-refractivity contribution in [2.75, 3.05) is 0 Å². The number of rotatable bonds is 4. The second-order valence-corrected chi connectivity index (χ2v) is 6.24. The molecular weight excluding hydrogens is 369 g/mol. The van der Waals surface area contributed by atoms with Crippen molar-refractivity contribution in [2.24, 2.45) is 4.99 Å². The first-order valence-electron chi connectivity index (χ1n) is 8.45. The van der Waals surface area contributed by atoms with Crippen LogP contribution in [0.5, 0.6) is 5.75 Å². The fraction of sp³-hybridized carbons (Fsp3) is 0.190. The molecule has 0 fully saturated rings. The Hall–Kier alpha value is -3.40. The number of esters is 1. The summed E-state index contributed by atoms with van der Waals surface area (Å²) in [6.07, 6.45) is -1.01. The zero-order valence-corrected chi connectivity index (χ0v) is 14.8. The van der Waals surface area contributed by atoms with Gasteiger partial charge in [-0.1, -0.05) is 25.1 Å². The minimum Gasteiger partial charge on any atom is -0.423 e. The largest absolute Gasteiger partial charge is 0.423 e. The van der Waals surface area contributed by atoms with Crippen molar-refractivity contribution in [3.63, 3.8) is 0 Å². The summed E-state index contributed by atoms with van der Waals surface area (Å²) in [4.78, 5) is 16.8. The molecule has 2 aromatic carbocycles. The Morgan fingerprint density at radius 1 is 1.21 bits per heavy atom. The van der Waals surface area contributed by atoms with Crippen LogP contribution in [0.15, 0.2) is 65.2 Å². The molecule has 3 rings (SSSR count). The number of carbonyl (C=O) groups is 1. The van der Waals surface area contributed by atoms with Crippen LogP contribution in [0, 0.1) is 11.3 Å². The van der Waals surface area contributed by atoms with E-state index in [0.717, 1.165) is 12.1 Å².